The summed E-state index contributed by atoms with van der Waals surface area (Å²) in [7, 11) is 4.35. The zero-order chi connectivity index (χ0) is 30.0. The molecule has 3 aromatic rings. The van der Waals surface area contributed by atoms with Crippen molar-refractivity contribution in [2.45, 2.75) is 44.4 Å². The van der Waals surface area contributed by atoms with Crippen LogP contribution in [0, 0.1) is 5.82 Å². The van der Waals surface area contributed by atoms with Gasteiger partial charge < -0.3 is 19.4 Å². The van der Waals surface area contributed by atoms with Gasteiger partial charge in [-0.1, -0.05) is 36.4 Å². The van der Waals surface area contributed by atoms with Crippen molar-refractivity contribution in [2.75, 3.05) is 39.9 Å². The number of carbonyl (C=O) groups is 1. The van der Waals surface area contributed by atoms with E-state index < -0.39 is 0 Å². The summed E-state index contributed by atoms with van der Waals surface area (Å²) in [6.07, 6.45) is 7.23. The second kappa shape index (κ2) is 15.3. The largest absolute Gasteiger partial charge is 0.495 e. The van der Waals surface area contributed by atoms with E-state index in [4.69, 9.17) is 9.47 Å². The molecule has 9 heteroatoms. The average molecular weight is 605 g/mol. The number of hydrogen-bond donors (Lipinski definition) is 1. The second-order valence-electron chi connectivity index (χ2n) is 11.2. The maximum absolute atomic E-state index is 13.6. The lowest BCUT2D eigenvalue weighted by Crippen LogP contribution is -2.54. The monoisotopic (exact) mass is 604 g/mol. The minimum Gasteiger partial charge on any atom is -0.495 e. The number of methoxy groups -OCH3 is 1. The molecule has 1 amide bonds. The fourth-order valence-corrected chi connectivity index (χ4v) is 6.20. The zero-order valence-electron chi connectivity index (χ0n) is 24.8. The van der Waals surface area contributed by atoms with E-state index in [0.29, 0.717) is 35.6 Å². The highest BCUT2D eigenvalue weighted by atomic mass is 31.0. The van der Waals surface area contributed by atoms with Gasteiger partial charge in [-0.15, -0.1) is 9.24 Å². The van der Waals surface area contributed by atoms with Crippen LogP contribution < -0.4 is 20.1 Å². The van der Waals surface area contributed by atoms with Gasteiger partial charge >= 0.3 is 0 Å². The van der Waals surface area contributed by atoms with Crippen molar-refractivity contribution < 1.29 is 18.7 Å². The number of fused-ring (bicyclic) bond motifs is 2. The van der Waals surface area contributed by atoms with Crippen molar-refractivity contribution in [3.63, 3.8) is 0 Å². The van der Waals surface area contributed by atoms with Crippen LogP contribution in [0.1, 0.15) is 35.2 Å². The minimum absolute atomic E-state index is 0.215. The van der Waals surface area contributed by atoms with Crippen molar-refractivity contribution in [2.24, 2.45) is 0 Å². The van der Waals surface area contributed by atoms with Crippen LogP contribution in [0.2, 0.25) is 0 Å². The molecule has 2 fully saturated rings. The predicted molar refractivity (Wildman–Crippen MR) is 172 cm³/mol. The molecule has 7 nitrogen and oxygen atoms in total. The summed E-state index contributed by atoms with van der Waals surface area (Å²) in [6.45, 7) is 5.80. The van der Waals surface area contributed by atoms with Crippen LogP contribution in [0.5, 0.6) is 11.5 Å². The van der Waals surface area contributed by atoms with Gasteiger partial charge in [-0.2, -0.15) is 0 Å². The number of amides is 1. The summed E-state index contributed by atoms with van der Waals surface area (Å²) in [5, 5.41) is 4.08. The second-order valence-corrected chi connectivity index (χ2v) is 11.9. The molecule has 5 rings (SSSR count). The fourth-order valence-electron chi connectivity index (χ4n) is 6.01. The molecule has 3 heterocycles. The van der Waals surface area contributed by atoms with E-state index in [9.17, 15) is 9.18 Å². The number of halogens is 1. The number of aromatic nitrogens is 1. The van der Waals surface area contributed by atoms with E-state index in [0.717, 1.165) is 50.2 Å². The molecular weight excluding hydrogens is 562 g/mol. The number of nitrogens with one attached hydrogen (secondary N) is 1. The van der Waals surface area contributed by atoms with Crippen LogP contribution in [0.4, 0.5) is 4.39 Å². The molecule has 228 valence electrons. The van der Waals surface area contributed by atoms with Crippen molar-refractivity contribution >= 4 is 20.5 Å². The lowest BCUT2D eigenvalue weighted by molar-refractivity contribution is 0.0573. The first-order valence-corrected chi connectivity index (χ1v) is 15.6. The van der Waals surface area contributed by atoms with Gasteiger partial charge in [-0.05, 0) is 66.5 Å². The number of aryl methyl sites for hydroxylation is 1. The summed E-state index contributed by atoms with van der Waals surface area (Å²) in [6, 6.07) is 22.9. The molecule has 3 unspecified atom stereocenters. The Morgan fingerprint density at radius 3 is 2.44 bits per heavy atom. The number of benzene rings is 2. The first kappa shape index (κ1) is 31.0. The van der Waals surface area contributed by atoms with Crippen molar-refractivity contribution in [1.82, 2.24) is 19.7 Å². The Morgan fingerprint density at radius 1 is 0.930 bits per heavy atom. The number of piperazine rings is 1. The first-order valence-electron chi connectivity index (χ1n) is 15.0. The Hall–Kier alpha value is -3.45. The van der Waals surface area contributed by atoms with Gasteiger partial charge in [-0.3, -0.25) is 14.6 Å². The topological polar surface area (TPSA) is 59.0 Å². The van der Waals surface area contributed by atoms with Crippen LogP contribution in [0.25, 0.3) is 0 Å². The molecule has 0 saturated carbocycles. The van der Waals surface area contributed by atoms with Gasteiger partial charge in [0.25, 0.3) is 5.91 Å². The Labute approximate surface area is 256 Å². The van der Waals surface area contributed by atoms with E-state index in [1.165, 1.54) is 25.0 Å². The van der Waals surface area contributed by atoms with Gasteiger partial charge in [-0.25, -0.2) is 4.39 Å². The van der Waals surface area contributed by atoms with Crippen LogP contribution in [-0.2, 0) is 13.1 Å². The molecule has 0 radical (unpaired) electrons. The highest BCUT2D eigenvalue weighted by Gasteiger charge is 2.39. The molecule has 0 spiro atoms. The van der Waals surface area contributed by atoms with Crippen LogP contribution in [0.15, 0.2) is 85.2 Å². The highest BCUT2D eigenvalue weighted by Crippen LogP contribution is 2.30. The first-order chi connectivity index (χ1) is 21.0. The maximum Gasteiger partial charge on any atom is 0.253 e. The van der Waals surface area contributed by atoms with Crippen molar-refractivity contribution in [3.8, 4) is 11.5 Å². The predicted octanol–water partition coefficient (Wildman–Crippen LogP) is 4.81. The van der Waals surface area contributed by atoms with Crippen LogP contribution in [-0.4, -0.2) is 72.3 Å². The third-order valence-electron chi connectivity index (χ3n) is 8.18. The zero-order valence-corrected chi connectivity index (χ0v) is 26.0. The summed E-state index contributed by atoms with van der Waals surface area (Å²) in [5.74, 6) is 1.10. The van der Waals surface area contributed by atoms with E-state index >= 15 is 0 Å². The number of nitrogens with zero attached hydrogens (tertiary/aromatic N) is 3. The highest BCUT2D eigenvalue weighted by molar-refractivity contribution is 7.27. The molecule has 3 atom stereocenters. The quantitative estimate of drug-likeness (QED) is 0.301. The third kappa shape index (κ3) is 9.02. The normalized spacial score (nSPS) is 18.2. The lowest BCUT2D eigenvalue weighted by atomic mass is 10.1. The molecule has 1 aromatic heterocycles. The minimum atomic E-state index is -0.316. The summed E-state index contributed by atoms with van der Waals surface area (Å²) < 4.78 is 27.1. The molecule has 2 aliphatic heterocycles. The third-order valence-corrected chi connectivity index (χ3v) is 8.57. The van der Waals surface area contributed by atoms with E-state index in [2.05, 4.69) is 24.4 Å². The Balaban J connectivity index is 1.16. The molecular formula is C34H42FN4O3P. The molecule has 2 aliphatic rings. The smallest absolute Gasteiger partial charge is 0.253 e. The van der Waals surface area contributed by atoms with E-state index in [1.54, 1.807) is 25.3 Å². The molecule has 2 bridgehead atoms. The molecule has 43 heavy (non-hydrogen) atoms. The molecule has 0 aliphatic carbocycles. The molecule has 2 saturated heterocycles. The van der Waals surface area contributed by atoms with Gasteiger partial charge in [0.1, 0.15) is 23.9 Å². The van der Waals surface area contributed by atoms with Gasteiger partial charge in [0.15, 0.2) is 0 Å². The van der Waals surface area contributed by atoms with Crippen LogP contribution in [0.3, 0.4) is 0 Å². The standard InChI is InChI=1S/C34H42FN4O3P/c1-41-32-9-3-2-7-27(34(40)36-21-26-6-4-8-28(35)20-26)22-37(25-32)16-5-17-39-29-10-11-30(39)24-38(23-29)18-19-42-31-12-14-33(43)15-13-31/h2-4,6-9,12-15,20,22,25,29-30H,5,10-11,16-19,21,23-24,43H2,1H3,(H,36,40). The Morgan fingerprint density at radius 2 is 1.70 bits per heavy atom. The van der Waals surface area contributed by atoms with Crippen molar-refractivity contribution in [3.05, 3.63) is 102 Å². The Bertz CT molecular complexity index is 1400. The summed E-state index contributed by atoms with van der Waals surface area (Å²) in [5.41, 5.74) is 1.24. The number of likely N-dealkylation sites (tertiary alicyclic amines) is 1. The van der Waals surface area contributed by atoms with Crippen molar-refractivity contribution in [1.29, 1.82) is 0 Å². The maximum atomic E-state index is 13.6. The SMILES string of the molecule is COc1ccccc(C(=O)NCc2cccc(F)c2)cn(CCCN2C3CCC2CN(CCOc2ccc(P)cc2)C3)c1. The number of ether oxygens (including phenoxy) is 2. The summed E-state index contributed by atoms with van der Waals surface area (Å²) in [4.78, 5) is 18.3. The molecule has 2 aromatic carbocycles. The number of hydrogen-bond acceptors (Lipinski definition) is 5. The molecule has 1 N–H and O–H groups in total. The van der Waals surface area contributed by atoms with E-state index in [1.807, 2.05) is 59.4 Å². The lowest BCUT2D eigenvalue weighted by Gasteiger charge is -2.41. The van der Waals surface area contributed by atoms with Gasteiger partial charge in [0.2, 0.25) is 0 Å². The van der Waals surface area contributed by atoms with Crippen LogP contribution >= 0.6 is 9.24 Å². The average Bonchev–Trinajstić information content (AvgIpc) is 3.29. The van der Waals surface area contributed by atoms with Gasteiger partial charge in [0, 0.05) is 63.7 Å². The number of carbonyl (C=O) groups excluding carboxylic acids is 1. The summed E-state index contributed by atoms with van der Waals surface area (Å²) >= 11 is 0. The Kier molecular flexibility index (Phi) is 11.0. The van der Waals surface area contributed by atoms with Gasteiger partial charge in [0.05, 0.1) is 12.7 Å². The van der Waals surface area contributed by atoms with E-state index in [-0.39, 0.29) is 18.3 Å². The fraction of sp³-hybridized carbons (Fsp3) is 0.382. The number of rotatable bonds is 12.